The van der Waals surface area contributed by atoms with Crippen LogP contribution < -0.4 is 0 Å². The molecule has 0 rings (SSSR count). The van der Waals surface area contributed by atoms with E-state index in [1.165, 1.54) is 161 Å². The third kappa shape index (κ3) is 48.4. The second-order valence-electron chi connectivity index (χ2n) is 17.8. The standard InChI is InChI=1S/C56H100O6/c1-4-7-10-13-16-19-22-24-26-28-30-31-34-37-40-43-46-49-55(58)61-52-53(51-60-54(57)48-45-42-39-36-33-21-18-15-12-9-6-3)62-56(59)50-47-44-41-38-35-32-29-27-25-23-20-17-14-11-8-5-2/h9,12,18,21,24,26,36,39,53H,4-8,10-11,13-17,19-20,22-23,25,27-35,37-38,40-52H2,1-3H3/b12-9-,21-18-,26-24-,39-36-. The van der Waals surface area contributed by atoms with E-state index in [1.54, 1.807) is 0 Å². The molecular formula is C56H100O6. The maximum absolute atomic E-state index is 12.8. The van der Waals surface area contributed by atoms with Gasteiger partial charge in [-0.05, 0) is 70.6 Å². The van der Waals surface area contributed by atoms with E-state index < -0.39 is 6.10 Å². The van der Waals surface area contributed by atoms with E-state index in [-0.39, 0.29) is 37.5 Å². The molecule has 0 amide bonds. The molecule has 0 heterocycles. The Hall–Kier alpha value is -2.63. The topological polar surface area (TPSA) is 78.9 Å². The quantitative estimate of drug-likeness (QED) is 0.0262. The number of ether oxygens (including phenoxy) is 3. The number of unbranched alkanes of at least 4 members (excludes halogenated alkanes) is 29. The second-order valence-corrected chi connectivity index (χ2v) is 17.8. The highest BCUT2D eigenvalue weighted by atomic mass is 16.6. The highest BCUT2D eigenvalue weighted by Gasteiger charge is 2.19. The molecule has 360 valence electrons. The first kappa shape index (κ1) is 59.4. The molecule has 0 fully saturated rings. The van der Waals surface area contributed by atoms with E-state index in [2.05, 4.69) is 69.4 Å². The van der Waals surface area contributed by atoms with Crippen LogP contribution in [0.2, 0.25) is 0 Å². The van der Waals surface area contributed by atoms with Crippen molar-refractivity contribution in [3.63, 3.8) is 0 Å². The molecule has 0 radical (unpaired) electrons. The largest absolute Gasteiger partial charge is 0.462 e. The van der Waals surface area contributed by atoms with Crippen LogP contribution in [0.15, 0.2) is 48.6 Å². The van der Waals surface area contributed by atoms with Gasteiger partial charge in [-0.1, -0.05) is 230 Å². The predicted octanol–water partition coefficient (Wildman–Crippen LogP) is 17.5. The smallest absolute Gasteiger partial charge is 0.306 e. The zero-order valence-electron chi connectivity index (χ0n) is 41.1. The number of allylic oxidation sites excluding steroid dienone is 8. The van der Waals surface area contributed by atoms with Crippen molar-refractivity contribution in [3.8, 4) is 0 Å². The lowest BCUT2D eigenvalue weighted by Crippen LogP contribution is -2.30. The van der Waals surface area contributed by atoms with Crippen LogP contribution in [-0.2, 0) is 28.6 Å². The molecule has 1 unspecified atom stereocenters. The molecule has 0 aromatic carbocycles. The van der Waals surface area contributed by atoms with Gasteiger partial charge in [0.1, 0.15) is 13.2 Å². The first-order valence-corrected chi connectivity index (χ1v) is 26.6. The maximum Gasteiger partial charge on any atom is 0.306 e. The van der Waals surface area contributed by atoms with Crippen LogP contribution in [0.25, 0.3) is 0 Å². The van der Waals surface area contributed by atoms with E-state index in [4.69, 9.17) is 14.2 Å². The molecule has 0 N–H and O–H groups in total. The van der Waals surface area contributed by atoms with Crippen molar-refractivity contribution in [1.29, 1.82) is 0 Å². The molecule has 0 spiro atoms. The van der Waals surface area contributed by atoms with Crippen LogP contribution in [0.3, 0.4) is 0 Å². The molecule has 62 heavy (non-hydrogen) atoms. The van der Waals surface area contributed by atoms with E-state index in [0.717, 1.165) is 64.2 Å². The molecule has 0 aliphatic rings. The number of carbonyl (C=O) groups is 3. The number of rotatable bonds is 48. The van der Waals surface area contributed by atoms with Crippen LogP contribution in [0, 0.1) is 0 Å². The van der Waals surface area contributed by atoms with E-state index in [0.29, 0.717) is 19.3 Å². The monoisotopic (exact) mass is 869 g/mol. The normalized spacial score (nSPS) is 12.4. The second kappa shape index (κ2) is 51.0. The van der Waals surface area contributed by atoms with Crippen molar-refractivity contribution in [2.75, 3.05) is 13.2 Å². The van der Waals surface area contributed by atoms with Gasteiger partial charge < -0.3 is 14.2 Å². The summed E-state index contributed by atoms with van der Waals surface area (Å²) < 4.78 is 16.8. The molecule has 0 bridgehead atoms. The zero-order valence-corrected chi connectivity index (χ0v) is 41.1. The van der Waals surface area contributed by atoms with Gasteiger partial charge in [0.25, 0.3) is 0 Å². The molecule has 6 nitrogen and oxygen atoms in total. The first-order valence-electron chi connectivity index (χ1n) is 26.6. The summed E-state index contributed by atoms with van der Waals surface area (Å²) in [7, 11) is 0. The summed E-state index contributed by atoms with van der Waals surface area (Å²) >= 11 is 0. The molecule has 0 aliphatic carbocycles. The van der Waals surface area contributed by atoms with Crippen LogP contribution >= 0.6 is 0 Å². The lowest BCUT2D eigenvalue weighted by Gasteiger charge is -2.18. The molecule has 1 atom stereocenters. The fourth-order valence-corrected chi connectivity index (χ4v) is 7.58. The molecule has 6 heteroatoms. The third-order valence-corrected chi connectivity index (χ3v) is 11.6. The van der Waals surface area contributed by atoms with Crippen LogP contribution in [0.5, 0.6) is 0 Å². The Bertz CT molecular complexity index is 1090. The Labute approximate surface area is 384 Å². The SMILES string of the molecule is CC/C=C\C/C=C\C/C=C\CCCC(=O)OCC(COC(=O)CCCCCCCCC/C=C\CCCCCCCC)OC(=O)CCCCCCCCCCCCCCCCCC. The summed E-state index contributed by atoms with van der Waals surface area (Å²) in [5, 5.41) is 0. The molecule has 0 saturated heterocycles. The summed E-state index contributed by atoms with van der Waals surface area (Å²) in [6.45, 7) is 6.49. The molecule has 0 aliphatic heterocycles. The van der Waals surface area contributed by atoms with E-state index in [1.807, 2.05) is 0 Å². The Balaban J connectivity index is 4.36. The average molecular weight is 869 g/mol. The van der Waals surface area contributed by atoms with Gasteiger partial charge in [-0.3, -0.25) is 14.4 Å². The van der Waals surface area contributed by atoms with Crippen molar-refractivity contribution in [3.05, 3.63) is 48.6 Å². The van der Waals surface area contributed by atoms with Gasteiger partial charge in [-0.2, -0.15) is 0 Å². The van der Waals surface area contributed by atoms with Gasteiger partial charge in [0.05, 0.1) is 0 Å². The summed E-state index contributed by atoms with van der Waals surface area (Å²) in [5.41, 5.74) is 0. The summed E-state index contributed by atoms with van der Waals surface area (Å²) in [6, 6.07) is 0. The average Bonchev–Trinajstić information content (AvgIpc) is 3.27. The van der Waals surface area contributed by atoms with Gasteiger partial charge >= 0.3 is 17.9 Å². The highest BCUT2D eigenvalue weighted by Crippen LogP contribution is 2.16. The fraction of sp³-hybridized carbons (Fsp3) is 0.804. The van der Waals surface area contributed by atoms with Gasteiger partial charge in [-0.15, -0.1) is 0 Å². The van der Waals surface area contributed by atoms with Crippen LogP contribution in [-0.4, -0.2) is 37.2 Å². The summed E-state index contributed by atoms with van der Waals surface area (Å²) in [6.07, 6.45) is 61.1. The summed E-state index contributed by atoms with van der Waals surface area (Å²) in [5.74, 6) is -0.939. The lowest BCUT2D eigenvalue weighted by atomic mass is 10.0. The Morgan fingerprint density at radius 2 is 0.645 bits per heavy atom. The molecule has 0 aromatic rings. The van der Waals surface area contributed by atoms with Gasteiger partial charge in [0, 0.05) is 19.3 Å². The minimum absolute atomic E-state index is 0.0886. The first-order chi connectivity index (χ1) is 30.5. The Kier molecular flexibility index (Phi) is 48.8. The van der Waals surface area contributed by atoms with Crippen molar-refractivity contribution in [1.82, 2.24) is 0 Å². The molecule has 0 aromatic heterocycles. The zero-order chi connectivity index (χ0) is 45.1. The number of esters is 3. The lowest BCUT2D eigenvalue weighted by molar-refractivity contribution is -0.167. The maximum atomic E-state index is 12.8. The van der Waals surface area contributed by atoms with Gasteiger partial charge in [0.2, 0.25) is 0 Å². The van der Waals surface area contributed by atoms with Crippen molar-refractivity contribution in [2.45, 2.75) is 277 Å². The van der Waals surface area contributed by atoms with Crippen molar-refractivity contribution >= 4 is 17.9 Å². The van der Waals surface area contributed by atoms with Crippen LogP contribution in [0.1, 0.15) is 271 Å². The number of hydrogen-bond donors (Lipinski definition) is 0. The minimum Gasteiger partial charge on any atom is -0.462 e. The van der Waals surface area contributed by atoms with Gasteiger partial charge in [-0.25, -0.2) is 0 Å². The number of carbonyl (C=O) groups excluding carboxylic acids is 3. The van der Waals surface area contributed by atoms with Crippen molar-refractivity contribution < 1.29 is 28.6 Å². The Morgan fingerprint density at radius 3 is 1.06 bits per heavy atom. The fourth-order valence-electron chi connectivity index (χ4n) is 7.58. The Morgan fingerprint density at radius 1 is 0.339 bits per heavy atom. The van der Waals surface area contributed by atoms with Gasteiger partial charge in [0.15, 0.2) is 6.10 Å². The summed E-state index contributed by atoms with van der Waals surface area (Å²) in [4.78, 5) is 37.9. The van der Waals surface area contributed by atoms with E-state index in [9.17, 15) is 14.4 Å². The predicted molar refractivity (Wildman–Crippen MR) is 265 cm³/mol. The van der Waals surface area contributed by atoms with Crippen molar-refractivity contribution in [2.24, 2.45) is 0 Å². The number of hydrogen-bond acceptors (Lipinski definition) is 6. The molecule has 0 saturated carbocycles. The molecular weight excluding hydrogens is 769 g/mol. The van der Waals surface area contributed by atoms with Crippen LogP contribution in [0.4, 0.5) is 0 Å². The minimum atomic E-state index is -0.791. The van der Waals surface area contributed by atoms with E-state index >= 15 is 0 Å². The highest BCUT2D eigenvalue weighted by molar-refractivity contribution is 5.71. The third-order valence-electron chi connectivity index (χ3n) is 11.6.